The topological polar surface area (TPSA) is 69.3 Å². The highest BCUT2D eigenvalue weighted by Gasteiger charge is 2.14. The van der Waals surface area contributed by atoms with E-state index in [2.05, 4.69) is 10.4 Å². The number of hydrogen-bond acceptors (Lipinski definition) is 4. The van der Waals surface area contributed by atoms with Gasteiger partial charge in [0.1, 0.15) is 23.1 Å². The molecular formula is C22H16Cl3N3O3. The zero-order valence-electron chi connectivity index (χ0n) is 16.0. The molecule has 1 amide bonds. The first-order valence-corrected chi connectivity index (χ1v) is 10.4. The van der Waals surface area contributed by atoms with E-state index in [0.717, 1.165) is 5.56 Å². The number of amides is 1. The van der Waals surface area contributed by atoms with Crippen LogP contribution in [0.25, 0.3) is 0 Å². The van der Waals surface area contributed by atoms with E-state index in [1.165, 1.54) is 0 Å². The number of rotatable bonds is 7. The molecule has 6 nitrogen and oxygen atoms in total. The first kappa shape index (κ1) is 21.3. The van der Waals surface area contributed by atoms with Crippen molar-refractivity contribution in [3.8, 4) is 5.75 Å². The predicted octanol–water partition coefficient (Wildman–Crippen LogP) is 6.32. The summed E-state index contributed by atoms with van der Waals surface area (Å²) < 4.78 is 12.9. The third-order valence-electron chi connectivity index (χ3n) is 4.29. The standard InChI is InChI=1S/C22H16Cl3N3O3/c23-15-4-1-3-14(11-15)12-28-10-9-20(27-28)26-22(29)19-8-7-16(31-19)13-30-18-6-2-5-17(24)21(18)25/h1-11H,12-13H2,(H,26,27,29). The summed E-state index contributed by atoms with van der Waals surface area (Å²) in [5.74, 6) is 1.03. The van der Waals surface area contributed by atoms with Crippen LogP contribution in [0.15, 0.2) is 71.3 Å². The van der Waals surface area contributed by atoms with E-state index in [-0.39, 0.29) is 12.4 Å². The Morgan fingerprint density at radius 1 is 1.06 bits per heavy atom. The Bertz CT molecular complexity index is 1220. The van der Waals surface area contributed by atoms with Gasteiger partial charge in [0.2, 0.25) is 0 Å². The molecule has 0 atom stereocenters. The average Bonchev–Trinajstić information content (AvgIpc) is 3.39. The quantitative estimate of drug-likeness (QED) is 0.339. The molecule has 0 bridgehead atoms. The van der Waals surface area contributed by atoms with E-state index in [1.807, 2.05) is 24.3 Å². The molecule has 0 saturated carbocycles. The van der Waals surface area contributed by atoms with Crippen LogP contribution in [0.1, 0.15) is 21.9 Å². The predicted molar refractivity (Wildman–Crippen MR) is 120 cm³/mol. The molecule has 0 spiro atoms. The van der Waals surface area contributed by atoms with Crippen LogP contribution in [0.5, 0.6) is 5.75 Å². The number of carbonyl (C=O) groups is 1. The monoisotopic (exact) mass is 475 g/mol. The van der Waals surface area contributed by atoms with Crippen LogP contribution >= 0.6 is 34.8 Å². The zero-order chi connectivity index (χ0) is 21.8. The number of furan rings is 1. The highest BCUT2D eigenvalue weighted by atomic mass is 35.5. The summed E-state index contributed by atoms with van der Waals surface area (Å²) in [5, 5.41) is 8.44. The largest absolute Gasteiger partial charge is 0.484 e. The van der Waals surface area contributed by atoms with Crippen molar-refractivity contribution in [1.29, 1.82) is 0 Å². The van der Waals surface area contributed by atoms with E-state index in [0.29, 0.717) is 38.9 Å². The second-order valence-electron chi connectivity index (χ2n) is 6.59. The number of anilines is 1. The molecule has 158 valence electrons. The number of benzene rings is 2. The molecule has 2 aromatic heterocycles. The summed E-state index contributed by atoms with van der Waals surface area (Å²) in [4.78, 5) is 12.5. The van der Waals surface area contributed by atoms with Gasteiger partial charge in [-0.15, -0.1) is 0 Å². The normalized spacial score (nSPS) is 10.8. The smallest absolute Gasteiger partial charge is 0.292 e. The molecular weight excluding hydrogens is 461 g/mol. The Hall–Kier alpha value is -2.93. The fraction of sp³-hybridized carbons (Fsp3) is 0.0909. The fourth-order valence-corrected chi connectivity index (χ4v) is 3.40. The third-order valence-corrected chi connectivity index (χ3v) is 5.32. The summed E-state index contributed by atoms with van der Waals surface area (Å²) in [6.45, 7) is 0.631. The van der Waals surface area contributed by atoms with Crippen LogP contribution in [-0.2, 0) is 13.2 Å². The lowest BCUT2D eigenvalue weighted by Crippen LogP contribution is -2.12. The van der Waals surface area contributed by atoms with Gasteiger partial charge in [-0.3, -0.25) is 9.48 Å². The van der Waals surface area contributed by atoms with Crippen molar-refractivity contribution >= 4 is 46.5 Å². The molecule has 0 unspecified atom stereocenters. The van der Waals surface area contributed by atoms with Gasteiger partial charge in [-0.2, -0.15) is 5.10 Å². The van der Waals surface area contributed by atoms with Gasteiger partial charge in [-0.05, 0) is 42.0 Å². The van der Waals surface area contributed by atoms with Crippen LogP contribution in [0, 0.1) is 0 Å². The summed E-state index contributed by atoms with van der Waals surface area (Å²) in [6, 6.07) is 17.5. The number of halogens is 3. The summed E-state index contributed by atoms with van der Waals surface area (Å²) >= 11 is 18.1. The average molecular weight is 477 g/mol. The second-order valence-corrected chi connectivity index (χ2v) is 7.81. The number of ether oxygens (including phenoxy) is 1. The van der Waals surface area contributed by atoms with Crippen LogP contribution in [0.4, 0.5) is 5.82 Å². The van der Waals surface area contributed by atoms with E-state index in [1.54, 1.807) is 47.3 Å². The molecule has 0 aliphatic carbocycles. The lowest BCUT2D eigenvalue weighted by molar-refractivity contribution is 0.0992. The molecule has 2 aromatic carbocycles. The number of hydrogen-bond donors (Lipinski definition) is 1. The van der Waals surface area contributed by atoms with Crippen LogP contribution < -0.4 is 10.1 Å². The molecule has 0 aliphatic heterocycles. The Kier molecular flexibility index (Phi) is 6.51. The fourth-order valence-electron chi connectivity index (χ4n) is 2.84. The number of aromatic nitrogens is 2. The van der Waals surface area contributed by atoms with Crippen molar-refractivity contribution in [2.75, 3.05) is 5.32 Å². The Labute approximate surface area is 193 Å². The van der Waals surface area contributed by atoms with Crippen molar-refractivity contribution in [3.05, 3.63) is 99.0 Å². The first-order valence-electron chi connectivity index (χ1n) is 9.23. The van der Waals surface area contributed by atoms with Gasteiger partial charge in [0.25, 0.3) is 5.91 Å². The maximum absolute atomic E-state index is 12.5. The molecule has 0 aliphatic rings. The minimum absolute atomic E-state index is 0.0988. The molecule has 0 radical (unpaired) electrons. The minimum atomic E-state index is -0.417. The van der Waals surface area contributed by atoms with Crippen molar-refractivity contribution in [2.24, 2.45) is 0 Å². The first-order chi connectivity index (χ1) is 15.0. The lowest BCUT2D eigenvalue weighted by atomic mass is 10.2. The van der Waals surface area contributed by atoms with Crippen LogP contribution in [0.3, 0.4) is 0 Å². The molecule has 1 N–H and O–H groups in total. The van der Waals surface area contributed by atoms with Gasteiger partial charge in [0.15, 0.2) is 11.6 Å². The molecule has 4 aromatic rings. The van der Waals surface area contributed by atoms with E-state index >= 15 is 0 Å². The Morgan fingerprint density at radius 2 is 1.90 bits per heavy atom. The summed E-state index contributed by atoms with van der Waals surface area (Å²) in [6.07, 6.45) is 1.77. The zero-order valence-corrected chi connectivity index (χ0v) is 18.3. The molecule has 9 heteroatoms. The maximum atomic E-state index is 12.5. The van der Waals surface area contributed by atoms with Crippen molar-refractivity contribution in [1.82, 2.24) is 9.78 Å². The molecule has 0 saturated heterocycles. The van der Waals surface area contributed by atoms with Crippen molar-refractivity contribution in [3.63, 3.8) is 0 Å². The lowest BCUT2D eigenvalue weighted by Gasteiger charge is -2.07. The van der Waals surface area contributed by atoms with Gasteiger partial charge >= 0.3 is 0 Å². The third kappa shape index (κ3) is 5.41. The Morgan fingerprint density at radius 3 is 2.74 bits per heavy atom. The molecule has 2 heterocycles. The number of nitrogens with zero attached hydrogens (tertiary/aromatic N) is 2. The number of nitrogens with one attached hydrogen (secondary N) is 1. The van der Waals surface area contributed by atoms with Crippen molar-refractivity contribution < 1.29 is 13.9 Å². The summed E-state index contributed by atoms with van der Waals surface area (Å²) in [7, 11) is 0. The minimum Gasteiger partial charge on any atom is -0.484 e. The van der Waals surface area contributed by atoms with E-state index < -0.39 is 5.91 Å². The Balaban J connectivity index is 1.35. The van der Waals surface area contributed by atoms with Crippen molar-refractivity contribution in [2.45, 2.75) is 13.2 Å². The maximum Gasteiger partial charge on any atom is 0.292 e. The number of carbonyl (C=O) groups excluding carboxylic acids is 1. The molecule has 31 heavy (non-hydrogen) atoms. The van der Waals surface area contributed by atoms with Gasteiger partial charge in [0, 0.05) is 17.3 Å². The second kappa shape index (κ2) is 9.47. The van der Waals surface area contributed by atoms with E-state index in [9.17, 15) is 4.79 Å². The highest BCUT2D eigenvalue weighted by molar-refractivity contribution is 6.42. The van der Waals surface area contributed by atoms with Gasteiger partial charge in [0.05, 0.1) is 11.6 Å². The SMILES string of the molecule is O=C(Nc1ccn(Cc2cccc(Cl)c2)n1)c1ccc(COc2cccc(Cl)c2Cl)o1. The van der Waals surface area contributed by atoms with Crippen LogP contribution in [-0.4, -0.2) is 15.7 Å². The van der Waals surface area contributed by atoms with Crippen LogP contribution in [0.2, 0.25) is 15.1 Å². The molecule has 4 rings (SSSR count). The van der Waals surface area contributed by atoms with Gasteiger partial charge < -0.3 is 14.5 Å². The molecule has 0 fully saturated rings. The summed E-state index contributed by atoms with van der Waals surface area (Å²) in [5.41, 5.74) is 1.00. The highest BCUT2D eigenvalue weighted by Crippen LogP contribution is 2.32. The van der Waals surface area contributed by atoms with E-state index in [4.69, 9.17) is 44.0 Å². The van der Waals surface area contributed by atoms with Gasteiger partial charge in [-0.25, -0.2) is 0 Å². The van der Waals surface area contributed by atoms with Gasteiger partial charge in [-0.1, -0.05) is 53.0 Å².